The summed E-state index contributed by atoms with van der Waals surface area (Å²) in [7, 11) is 0. The summed E-state index contributed by atoms with van der Waals surface area (Å²) < 4.78 is 26.4. The van der Waals surface area contributed by atoms with Crippen LogP contribution >= 0.6 is 0 Å². The number of nitrogens with zero attached hydrogens (tertiary/aromatic N) is 1. The molecule has 1 aliphatic rings. The van der Waals surface area contributed by atoms with Crippen molar-refractivity contribution < 1.29 is 13.9 Å². The fraction of sp³-hybridized carbons (Fsp3) is 0.235. The van der Waals surface area contributed by atoms with E-state index >= 15 is 0 Å². The Labute approximate surface area is 121 Å². The topological polar surface area (TPSA) is 44.0 Å². The number of aryl methyl sites for hydroxylation is 1. The number of fused-ring (bicyclic) bond motifs is 1. The molecule has 2 aromatic carbocycles. The van der Waals surface area contributed by atoms with Crippen molar-refractivity contribution in [1.29, 1.82) is 5.26 Å². The Bertz CT molecular complexity index is 738. The summed E-state index contributed by atoms with van der Waals surface area (Å²) in [5, 5.41) is 20.3. The normalized spacial score (nSPS) is 21.6. The van der Waals surface area contributed by atoms with Gasteiger partial charge in [0.25, 0.3) is 0 Å². The second-order valence-corrected chi connectivity index (χ2v) is 5.32. The molecule has 106 valence electrons. The molecule has 0 bridgehead atoms. The third-order valence-corrected chi connectivity index (χ3v) is 4.21. The molecule has 4 heteroatoms. The molecule has 2 aromatic rings. The van der Waals surface area contributed by atoms with Crippen LogP contribution in [0.25, 0.3) is 0 Å². The van der Waals surface area contributed by atoms with Crippen LogP contribution in [0.15, 0.2) is 42.5 Å². The van der Waals surface area contributed by atoms with Crippen molar-refractivity contribution in [3.05, 3.63) is 70.8 Å². The number of aliphatic hydroxyl groups is 1. The maximum Gasteiger partial charge on any atom is 0.159 e. The van der Waals surface area contributed by atoms with E-state index in [-0.39, 0.29) is 5.56 Å². The number of aliphatic hydroxyl groups excluding tert-OH is 1. The van der Waals surface area contributed by atoms with Gasteiger partial charge in [0.2, 0.25) is 0 Å². The summed E-state index contributed by atoms with van der Waals surface area (Å²) in [5.74, 6) is -1.99. The van der Waals surface area contributed by atoms with Gasteiger partial charge in [0.1, 0.15) is 11.5 Å². The molecule has 0 aliphatic heterocycles. The van der Waals surface area contributed by atoms with E-state index in [1.807, 2.05) is 24.3 Å². The summed E-state index contributed by atoms with van der Waals surface area (Å²) >= 11 is 0. The van der Waals surface area contributed by atoms with Crippen molar-refractivity contribution in [1.82, 2.24) is 0 Å². The fourth-order valence-corrected chi connectivity index (χ4v) is 3.07. The zero-order valence-corrected chi connectivity index (χ0v) is 11.2. The van der Waals surface area contributed by atoms with E-state index in [1.54, 1.807) is 0 Å². The lowest BCUT2D eigenvalue weighted by Gasteiger charge is -2.28. The predicted octanol–water partition coefficient (Wildman–Crippen LogP) is 3.41. The lowest BCUT2D eigenvalue weighted by molar-refractivity contribution is 0.110. The highest BCUT2D eigenvalue weighted by Crippen LogP contribution is 2.47. The molecule has 0 aromatic heterocycles. The number of nitriles is 1. The first-order valence-corrected chi connectivity index (χ1v) is 6.71. The van der Waals surface area contributed by atoms with Crippen LogP contribution in [0.1, 0.15) is 29.2 Å². The van der Waals surface area contributed by atoms with E-state index in [4.69, 9.17) is 0 Å². The molecule has 21 heavy (non-hydrogen) atoms. The summed E-state index contributed by atoms with van der Waals surface area (Å²) in [6, 6.07) is 12.9. The van der Waals surface area contributed by atoms with Gasteiger partial charge in [0.15, 0.2) is 11.6 Å². The molecule has 2 atom stereocenters. The van der Waals surface area contributed by atoms with Crippen LogP contribution in [-0.2, 0) is 11.8 Å². The van der Waals surface area contributed by atoms with E-state index in [1.165, 1.54) is 6.07 Å². The van der Waals surface area contributed by atoms with Gasteiger partial charge in [-0.15, -0.1) is 0 Å². The van der Waals surface area contributed by atoms with Crippen LogP contribution in [-0.4, -0.2) is 5.11 Å². The quantitative estimate of drug-likeness (QED) is 0.919. The number of hydrogen-bond donors (Lipinski definition) is 1. The minimum Gasteiger partial charge on any atom is -0.386 e. The van der Waals surface area contributed by atoms with Crippen molar-refractivity contribution in [2.75, 3.05) is 0 Å². The van der Waals surface area contributed by atoms with Gasteiger partial charge < -0.3 is 5.11 Å². The van der Waals surface area contributed by atoms with E-state index in [0.717, 1.165) is 23.3 Å². The summed E-state index contributed by atoms with van der Waals surface area (Å²) in [6.45, 7) is 0. The van der Waals surface area contributed by atoms with Crippen LogP contribution in [0.2, 0.25) is 0 Å². The lowest BCUT2D eigenvalue weighted by atomic mass is 9.75. The lowest BCUT2D eigenvalue weighted by Crippen LogP contribution is -2.30. The molecular weight excluding hydrogens is 272 g/mol. The van der Waals surface area contributed by atoms with E-state index in [9.17, 15) is 19.1 Å². The molecule has 0 spiro atoms. The van der Waals surface area contributed by atoms with Crippen LogP contribution in [0.4, 0.5) is 8.78 Å². The van der Waals surface area contributed by atoms with E-state index < -0.39 is 23.2 Å². The monoisotopic (exact) mass is 285 g/mol. The van der Waals surface area contributed by atoms with Gasteiger partial charge in [-0.2, -0.15) is 5.26 Å². The Morgan fingerprint density at radius 3 is 2.62 bits per heavy atom. The van der Waals surface area contributed by atoms with Crippen LogP contribution < -0.4 is 0 Å². The van der Waals surface area contributed by atoms with Crippen LogP contribution in [0, 0.1) is 23.0 Å². The molecule has 0 saturated carbocycles. The first-order chi connectivity index (χ1) is 10.1. The third-order valence-electron chi connectivity index (χ3n) is 4.21. The number of halogens is 2. The van der Waals surface area contributed by atoms with Crippen LogP contribution in [0.3, 0.4) is 0 Å². The van der Waals surface area contributed by atoms with Gasteiger partial charge in [-0.25, -0.2) is 8.78 Å². The third kappa shape index (κ3) is 2.01. The number of hydrogen-bond acceptors (Lipinski definition) is 2. The molecule has 0 fully saturated rings. The second kappa shape index (κ2) is 4.94. The molecule has 0 heterocycles. The van der Waals surface area contributed by atoms with E-state index in [2.05, 4.69) is 6.07 Å². The SMILES string of the molecule is N#CC1(C(O)c2ccc(F)c(F)c2)CCc2ccccc21. The van der Waals surface area contributed by atoms with Crippen molar-refractivity contribution in [2.24, 2.45) is 0 Å². The smallest absolute Gasteiger partial charge is 0.159 e. The largest absolute Gasteiger partial charge is 0.386 e. The van der Waals surface area contributed by atoms with Gasteiger partial charge in [0, 0.05) is 0 Å². The Morgan fingerprint density at radius 1 is 1.14 bits per heavy atom. The predicted molar refractivity (Wildman–Crippen MR) is 73.4 cm³/mol. The highest BCUT2D eigenvalue weighted by molar-refractivity contribution is 5.47. The standard InChI is InChI=1S/C17H13F2NO/c18-14-6-5-12(9-15(14)19)16(21)17(10-20)8-7-11-3-1-2-4-13(11)17/h1-6,9,16,21H,7-8H2. The zero-order chi connectivity index (χ0) is 15.0. The Balaban J connectivity index is 2.09. The molecule has 0 saturated heterocycles. The van der Waals surface area contributed by atoms with Crippen molar-refractivity contribution in [3.8, 4) is 6.07 Å². The van der Waals surface area contributed by atoms with Crippen molar-refractivity contribution in [3.63, 3.8) is 0 Å². The molecule has 3 rings (SSSR count). The molecule has 2 nitrogen and oxygen atoms in total. The molecular formula is C17H13F2NO. The Hall–Kier alpha value is -2.25. The second-order valence-electron chi connectivity index (χ2n) is 5.32. The van der Waals surface area contributed by atoms with Gasteiger partial charge >= 0.3 is 0 Å². The van der Waals surface area contributed by atoms with Crippen molar-refractivity contribution >= 4 is 0 Å². The summed E-state index contributed by atoms with van der Waals surface area (Å²) in [5.41, 5.74) is 0.887. The first-order valence-electron chi connectivity index (χ1n) is 6.71. The maximum absolute atomic E-state index is 13.4. The molecule has 1 aliphatic carbocycles. The highest BCUT2D eigenvalue weighted by Gasteiger charge is 2.45. The molecule has 0 amide bonds. The molecule has 1 N–H and O–H groups in total. The number of rotatable bonds is 2. The van der Waals surface area contributed by atoms with Crippen LogP contribution in [0.5, 0.6) is 0 Å². The maximum atomic E-state index is 13.4. The Kier molecular flexibility index (Phi) is 3.23. The summed E-state index contributed by atoms with van der Waals surface area (Å²) in [6.07, 6.45) is -0.0470. The average molecular weight is 285 g/mol. The van der Waals surface area contributed by atoms with E-state index in [0.29, 0.717) is 12.8 Å². The first kappa shape index (κ1) is 13.7. The van der Waals surface area contributed by atoms with Gasteiger partial charge in [-0.3, -0.25) is 0 Å². The Morgan fingerprint density at radius 2 is 1.90 bits per heavy atom. The molecule has 0 radical (unpaired) electrons. The molecule has 2 unspecified atom stereocenters. The van der Waals surface area contributed by atoms with Gasteiger partial charge in [-0.05, 0) is 41.7 Å². The minimum absolute atomic E-state index is 0.215. The average Bonchev–Trinajstić information content (AvgIpc) is 2.89. The van der Waals surface area contributed by atoms with Crippen molar-refractivity contribution in [2.45, 2.75) is 24.4 Å². The van der Waals surface area contributed by atoms with Gasteiger partial charge in [0.05, 0.1) is 6.07 Å². The highest BCUT2D eigenvalue weighted by atomic mass is 19.2. The fourth-order valence-electron chi connectivity index (χ4n) is 3.07. The zero-order valence-electron chi connectivity index (χ0n) is 11.2. The minimum atomic E-state index is -1.19. The van der Waals surface area contributed by atoms with Gasteiger partial charge in [-0.1, -0.05) is 30.3 Å². The summed E-state index contributed by atoms with van der Waals surface area (Å²) in [4.78, 5) is 0. The number of benzene rings is 2.